The van der Waals surface area contributed by atoms with E-state index in [0.717, 1.165) is 13.0 Å². The molecule has 1 aromatic carbocycles. The maximum Gasteiger partial charge on any atom is 0.0813 e. The quantitative estimate of drug-likeness (QED) is 0.648. The highest BCUT2D eigenvalue weighted by Gasteiger charge is 2.21. The second kappa shape index (κ2) is 5.76. The Morgan fingerprint density at radius 1 is 1.23 bits per heavy atom. The summed E-state index contributed by atoms with van der Waals surface area (Å²) >= 11 is 0. The van der Waals surface area contributed by atoms with Crippen molar-refractivity contribution in [3.63, 3.8) is 0 Å². The number of rotatable bonds is 3. The predicted octanol–water partition coefficient (Wildman–Crippen LogP) is 3.04. The van der Waals surface area contributed by atoms with Crippen LogP contribution in [0, 0.1) is 0 Å². The zero-order valence-electron chi connectivity index (χ0n) is 8.49. The van der Waals surface area contributed by atoms with Crippen LogP contribution in [0.25, 0.3) is 0 Å². The summed E-state index contributed by atoms with van der Waals surface area (Å²) in [5, 5.41) is 0. The van der Waals surface area contributed by atoms with Crippen molar-refractivity contribution in [3.05, 3.63) is 35.9 Å². The summed E-state index contributed by atoms with van der Waals surface area (Å²) in [5.74, 6) is 0. The van der Waals surface area contributed by atoms with Crippen LogP contribution in [0.4, 0.5) is 0 Å². The molecule has 1 heterocycles. The Kier molecular flexibility index (Phi) is 4.55. The van der Waals surface area contributed by atoms with E-state index in [1.54, 1.807) is 0 Å². The van der Waals surface area contributed by atoms with Gasteiger partial charge in [0.25, 0.3) is 0 Å². The third-order valence-electron chi connectivity index (χ3n) is 2.00. The molecule has 0 N–H and O–H groups in total. The molecule has 1 aromatic rings. The summed E-state index contributed by atoms with van der Waals surface area (Å²) in [6, 6.07) is 10.6. The summed E-state index contributed by atoms with van der Waals surface area (Å²) in [6.07, 6.45) is 2.91. The molecule has 0 saturated carbocycles. The van der Waals surface area contributed by atoms with Gasteiger partial charge >= 0.3 is 0 Å². The van der Waals surface area contributed by atoms with E-state index in [1.807, 2.05) is 13.8 Å². The van der Waals surface area contributed by atoms with Crippen LogP contribution in [0.5, 0.6) is 0 Å². The van der Waals surface area contributed by atoms with Crippen molar-refractivity contribution in [1.29, 1.82) is 0 Å². The minimum Gasteiger partial charge on any atom is -0.373 e. The lowest BCUT2D eigenvalue weighted by Crippen LogP contribution is -1.89. The molecule has 0 aliphatic carbocycles. The Balaban J connectivity index is 0.000000396. The van der Waals surface area contributed by atoms with Gasteiger partial charge in [-0.25, -0.2) is 0 Å². The molecule has 0 spiro atoms. The van der Waals surface area contributed by atoms with Crippen LogP contribution in [-0.4, -0.2) is 12.7 Å². The van der Waals surface area contributed by atoms with Gasteiger partial charge in [-0.05, 0) is 18.4 Å². The SMILES string of the molecule is CC.c1ccc(CCC2CO2)cc1. The summed E-state index contributed by atoms with van der Waals surface area (Å²) in [5.41, 5.74) is 1.42. The molecule has 1 saturated heterocycles. The highest BCUT2D eigenvalue weighted by molar-refractivity contribution is 5.14. The van der Waals surface area contributed by atoms with Crippen molar-refractivity contribution < 1.29 is 4.74 Å². The van der Waals surface area contributed by atoms with Crippen LogP contribution in [0.2, 0.25) is 0 Å². The number of ether oxygens (including phenoxy) is 1. The smallest absolute Gasteiger partial charge is 0.0813 e. The van der Waals surface area contributed by atoms with Gasteiger partial charge in [-0.3, -0.25) is 0 Å². The number of hydrogen-bond donors (Lipinski definition) is 0. The molecular formula is C12H18O. The fourth-order valence-corrected chi connectivity index (χ4v) is 1.21. The van der Waals surface area contributed by atoms with Crippen molar-refractivity contribution in [2.75, 3.05) is 6.61 Å². The Bertz CT molecular complexity index is 214. The van der Waals surface area contributed by atoms with Gasteiger partial charge in [0.1, 0.15) is 0 Å². The van der Waals surface area contributed by atoms with E-state index in [2.05, 4.69) is 30.3 Å². The fraction of sp³-hybridized carbons (Fsp3) is 0.500. The number of hydrogen-bond acceptors (Lipinski definition) is 1. The Morgan fingerprint density at radius 3 is 2.38 bits per heavy atom. The normalized spacial score (nSPS) is 18.8. The van der Waals surface area contributed by atoms with Gasteiger partial charge < -0.3 is 4.74 Å². The van der Waals surface area contributed by atoms with Crippen molar-refractivity contribution in [3.8, 4) is 0 Å². The first-order valence-electron chi connectivity index (χ1n) is 5.11. The second-order valence-electron chi connectivity index (χ2n) is 2.98. The molecule has 1 nitrogen and oxygen atoms in total. The van der Waals surface area contributed by atoms with E-state index >= 15 is 0 Å². The zero-order valence-corrected chi connectivity index (χ0v) is 8.49. The summed E-state index contributed by atoms with van der Waals surface area (Å²) in [6.45, 7) is 4.98. The van der Waals surface area contributed by atoms with E-state index in [0.29, 0.717) is 6.10 Å². The van der Waals surface area contributed by atoms with E-state index in [1.165, 1.54) is 12.0 Å². The molecule has 0 bridgehead atoms. The lowest BCUT2D eigenvalue weighted by molar-refractivity contribution is 0.397. The first kappa shape index (κ1) is 10.3. The minimum atomic E-state index is 0.565. The molecule has 1 unspecified atom stereocenters. The van der Waals surface area contributed by atoms with Crippen LogP contribution in [-0.2, 0) is 11.2 Å². The van der Waals surface area contributed by atoms with Crippen LogP contribution >= 0.6 is 0 Å². The second-order valence-corrected chi connectivity index (χ2v) is 2.98. The molecule has 1 aliphatic rings. The molecule has 2 rings (SSSR count). The minimum absolute atomic E-state index is 0.565. The third-order valence-corrected chi connectivity index (χ3v) is 2.00. The number of epoxide rings is 1. The maximum atomic E-state index is 5.13. The van der Waals surface area contributed by atoms with E-state index in [9.17, 15) is 0 Å². The largest absolute Gasteiger partial charge is 0.373 e. The first-order valence-corrected chi connectivity index (χ1v) is 5.11. The lowest BCUT2D eigenvalue weighted by Gasteiger charge is -1.96. The molecule has 1 fully saturated rings. The molecular weight excluding hydrogens is 160 g/mol. The average molecular weight is 178 g/mol. The molecule has 1 heteroatoms. The molecule has 13 heavy (non-hydrogen) atoms. The van der Waals surface area contributed by atoms with Gasteiger partial charge in [0, 0.05) is 0 Å². The Labute approximate surface area is 80.7 Å². The Morgan fingerprint density at radius 2 is 1.85 bits per heavy atom. The summed E-state index contributed by atoms with van der Waals surface area (Å²) in [4.78, 5) is 0. The van der Waals surface area contributed by atoms with Crippen LogP contribution in [0.1, 0.15) is 25.8 Å². The molecule has 0 radical (unpaired) electrons. The lowest BCUT2D eigenvalue weighted by atomic mass is 10.1. The van der Waals surface area contributed by atoms with E-state index < -0.39 is 0 Å². The molecule has 0 aromatic heterocycles. The predicted molar refractivity (Wildman–Crippen MR) is 55.9 cm³/mol. The third kappa shape index (κ3) is 4.09. The molecule has 72 valence electrons. The molecule has 1 atom stereocenters. The van der Waals surface area contributed by atoms with Crippen LogP contribution < -0.4 is 0 Å². The van der Waals surface area contributed by atoms with Gasteiger partial charge in [0.2, 0.25) is 0 Å². The standard InChI is InChI=1S/C10H12O.C2H6/c1-2-4-9(5-3-1)6-7-10-8-11-10;1-2/h1-5,10H,6-8H2;1-2H3. The van der Waals surface area contributed by atoms with E-state index in [4.69, 9.17) is 4.74 Å². The Hall–Kier alpha value is -0.820. The monoisotopic (exact) mass is 178 g/mol. The number of benzene rings is 1. The van der Waals surface area contributed by atoms with Gasteiger partial charge in [0.15, 0.2) is 0 Å². The van der Waals surface area contributed by atoms with Gasteiger partial charge in [-0.2, -0.15) is 0 Å². The maximum absolute atomic E-state index is 5.13. The van der Waals surface area contributed by atoms with Crippen molar-refractivity contribution in [1.82, 2.24) is 0 Å². The summed E-state index contributed by atoms with van der Waals surface area (Å²) < 4.78 is 5.13. The highest BCUT2D eigenvalue weighted by atomic mass is 16.6. The summed E-state index contributed by atoms with van der Waals surface area (Å²) in [7, 11) is 0. The highest BCUT2D eigenvalue weighted by Crippen LogP contribution is 2.16. The van der Waals surface area contributed by atoms with Crippen molar-refractivity contribution in [2.45, 2.75) is 32.8 Å². The molecule has 0 amide bonds. The first-order chi connectivity index (χ1) is 6.45. The van der Waals surface area contributed by atoms with Gasteiger partial charge in [0.05, 0.1) is 12.7 Å². The van der Waals surface area contributed by atoms with Gasteiger partial charge in [-0.1, -0.05) is 44.2 Å². The van der Waals surface area contributed by atoms with Crippen molar-refractivity contribution in [2.24, 2.45) is 0 Å². The van der Waals surface area contributed by atoms with Crippen molar-refractivity contribution >= 4 is 0 Å². The zero-order chi connectivity index (χ0) is 9.52. The van der Waals surface area contributed by atoms with Crippen LogP contribution in [0.15, 0.2) is 30.3 Å². The van der Waals surface area contributed by atoms with E-state index in [-0.39, 0.29) is 0 Å². The molecule has 1 aliphatic heterocycles. The fourth-order valence-electron chi connectivity index (χ4n) is 1.21. The van der Waals surface area contributed by atoms with Gasteiger partial charge in [-0.15, -0.1) is 0 Å². The average Bonchev–Trinajstić information content (AvgIpc) is 3.03. The number of aryl methyl sites for hydroxylation is 1. The van der Waals surface area contributed by atoms with Crippen LogP contribution in [0.3, 0.4) is 0 Å². The topological polar surface area (TPSA) is 12.5 Å².